The normalized spacial score (nSPS) is 13.3. The van der Waals surface area contributed by atoms with E-state index in [-0.39, 0.29) is 24.5 Å². The van der Waals surface area contributed by atoms with Crippen LogP contribution < -0.4 is 16.4 Å². The SMILES string of the molecule is CCCCCNC(=O)C(c1ccc(O)c(C)c1)N(C(=O)C(CCC(N)=O)NC(=O)OC(C)(C)C)C(C)(C)C. The molecule has 0 spiro atoms. The Hall–Kier alpha value is -3.30. The van der Waals surface area contributed by atoms with E-state index in [0.29, 0.717) is 17.7 Å². The highest BCUT2D eigenvalue weighted by atomic mass is 16.6. The Labute approximate surface area is 226 Å². The van der Waals surface area contributed by atoms with E-state index in [4.69, 9.17) is 10.5 Å². The van der Waals surface area contributed by atoms with E-state index in [1.54, 1.807) is 60.6 Å². The fourth-order valence-electron chi connectivity index (χ4n) is 3.96. The summed E-state index contributed by atoms with van der Waals surface area (Å²) >= 11 is 0. The van der Waals surface area contributed by atoms with Gasteiger partial charge in [-0.05, 0) is 84.6 Å². The molecule has 10 heteroatoms. The van der Waals surface area contributed by atoms with Crippen LogP contribution in [0.2, 0.25) is 0 Å². The number of hydrogen-bond acceptors (Lipinski definition) is 6. The molecule has 10 nitrogen and oxygen atoms in total. The minimum Gasteiger partial charge on any atom is -0.508 e. The lowest BCUT2D eigenvalue weighted by Crippen LogP contribution is -2.58. The highest BCUT2D eigenvalue weighted by molar-refractivity contribution is 5.93. The number of nitrogens with one attached hydrogen (secondary N) is 2. The summed E-state index contributed by atoms with van der Waals surface area (Å²) in [5.74, 6) is -1.52. The highest BCUT2D eigenvalue weighted by Crippen LogP contribution is 2.32. The van der Waals surface area contributed by atoms with Crippen molar-refractivity contribution in [1.29, 1.82) is 0 Å². The molecule has 0 saturated heterocycles. The van der Waals surface area contributed by atoms with Gasteiger partial charge < -0.3 is 31.1 Å². The number of aryl methyl sites for hydroxylation is 1. The Morgan fingerprint density at radius 3 is 2.21 bits per heavy atom. The fraction of sp³-hybridized carbons (Fsp3) is 0.643. The molecule has 0 radical (unpaired) electrons. The first-order valence-electron chi connectivity index (χ1n) is 13.2. The van der Waals surface area contributed by atoms with Crippen LogP contribution in [0.25, 0.3) is 0 Å². The molecule has 2 unspecified atom stereocenters. The van der Waals surface area contributed by atoms with Gasteiger partial charge in [0.05, 0.1) is 0 Å². The molecule has 1 aromatic carbocycles. The van der Waals surface area contributed by atoms with E-state index >= 15 is 0 Å². The van der Waals surface area contributed by atoms with Crippen LogP contribution in [-0.2, 0) is 19.1 Å². The summed E-state index contributed by atoms with van der Waals surface area (Å²) in [5, 5.41) is 15.6. The maximum absolute atomic E-state index is 14.1. The number of phenolic OH excluding ortho intramolecular Hbond substituents is 1. The molecule has 0 aliphatic rings. The van der Waals surface area contributed by atoms with Crippen molar-refractivity contribution in [3.8, 4) is 5.75 Å². The first-order chi connectivity index (χ1) is 17.5. The maximum Gasteiger partial charge on any atom is 0.408 e. The Kier molecular flexibility index (Phi) is 12.1. The zero-order valence-electron chi connectivity index (χ0n) is 24.1. The standard InChI is InChI=1S/C28H46N4O6/c1-9-10-11-16-30-24(35)23(19-12-14-21(33)18(2)17-19)32(27(3,4)5)25(36)20(13-15-22(29)34)31-26(37)38-28(6,7)8/h12,14,17,20,23,33H,9-11,13,15-16H2,1-8H3,(H2,29,34)(H,30,35)(H,31,37). The van der Waals surface area contributed by atoms with Gasteiger partial charge in [0.25, 0.3) is 0 Å². The lowest BCUT2D eigenvalue weighted by molar-refractivity contribution is -0.148. The van der Waals surface area contributed by atoms with E-state index in [1.807, 2.05) is 0 Å². The van der Waals surface area contributed by atoms with Crippen LogP contribution in [0.1, 0.15) is 97.7 Å². The second kappa shape index (κ2) is 14.0. The summed E-state index contributed by atoms with van der Waals surface area (Å²) in [7, 11) is 0. The number of benzene rings is 1. The molecule has 0 saturated carbocycles. The summed E-state index contributed by atoms with van der Waals surface area (Å²) in [4.78, 5) is 53.4. The number of unbranched alkanes of at least 4 members (excludes halogenated alkanes) is 2. The quantitative estimate of drug-likeness (QED) is 0.299. The minimum atomic E-state index is -1.18. The van der Waals surface area contributed by atoms with Gasteiger partial charge in [-0.3, -0.25) is 14.4 Å². The first-order valence-corrected chi connectivity index (χ1v) is 13.2. The smallest absolute Gasteiger partial charge is 0.408 e. The molecule has 1 aromatic rings. The molecular formula is C28H46N4O6. The second-order valence-electron chi connectivity index (χ2n) is 11.5. The number of rotatable bonds is 12. The van der Waals surface area contributed by atoms with Crippen molar-refractivity contribution in [3.05, 3.63) is 29.3 Å². The number of hydrogen-bond donors (Lipinski definition) is 4. The summed E-state index contributed by atoms with van der Waals surface area (Å²) in [5.41, 5.74) is 4.71. The maximum atomic E-state index is 14.1. The van der Waals surface area contributed by atoms with E-state index in [1.165, 1.54) is 11.0 Å². The number of nitrogens with zero attached hydrogens (tertiary/aromatic N) is 1. The zero-order chi connectivity index (χ0) is 29.3. The van der Waals surface area contributed by atoms with Crippen LogP contribution in [0.3, 0.4) is 0 Å². The van der Waals surface area contributed by atoms with Gasteiger partial charge in [0, 0.05) is 18.5 Å². The summed E-state index contributed by atoms with van der Waals surface area (Å²) in [6.07, 6.45) is 1.67. The van der Waals surface area contributed by atoms with Crippen LogP contribution in [0.15, 0.2) is 18.2 Å². The third-order valence-corrected chi connectivity index (χ3v) is 5.75. The third kappa shape index (κ3) is 10.6. The van der Waals surface area contributed by atoms with Gasteiger partial charge in [0.2, 0.25) is 17.7 Å². The van der Waals surface area contributed by atoms with E-state index in [2.05, 4.69) is 17.6 Å². The van der Waals surface area contributed by atoms with Crippen LogP contribution in [-0.4, -0.2) is 57.5 Å². The molecular weight excluding hydrogens is 488 g/mol. The molecule has 1 rings (SSSR count). The Morgan fingerprint density at radius 1 is 1.08 bits per heavy atom. The average Bonchev–Trinajstić information content (AvgIpc) is 2.77. The topological polar surface area (TPSA) is 151 Å². The largest absolute Gasteiger partial charge is 0.508 e. The first kappa shape index (κ1) is 32.7. The van der Waals surface area contributed by atoms with Crippen LogP contribution in [0, 0.1) is 6.92 Å². The van der Waals surface area contributed by atoms with Crippen molar-refractivity contribution in [3.63, 3.8) is 0 Å². The lowest BCUT2D eigenvalue weighted by atomic mass is 9.93. The summed E-state index contributed by atoms with van der Waals surface area (Å²) in [6, 6.07) is 2.50. The molecule has 38 heavy (non-hydrogen) atoms. The van der Waals surface area contributed by atoms with Crippen molar-refractivity contribution in [2.75, 3.05) is 6.54 Å². The number of aromatic hydroxyl groups is 1. The molecule has 4 amide bonds. The van der Waals surface area contributed by atoms with Gasteiger partial charge in [0.1, 0.15) is 23.4 Å². The molecule has 0 fully saturated rings. The third-order valence-electron chi connectivity index (χ3n) is 5.75. The molecule has 0 bridgehead atoms. The van der Waals surface area contributed by atoms with Gasteiger partial charge >= 0.3 is 6.09 Å². The van der Waals surface area contributed by atoms with E-state index in [0.717, 1.165) is 19.3 Å². The number of phenols is 1. The summed E-state index contributed by atoms with van der Waals surface area (Å²) < 4.78 is 5.34. The van der Waals surface area contributed by atoms with Gasteiger partial charge in [-0.25, -0.2) is 4.79 Å². The Bertz CT molecular complexity index is 981. The minimum absolute atomic E-state index is 0.0652. The Balaban J connectivity index is 3.56. The van der Waals surface area contributed by atoms with Crippen molar-refractivity contribution >= 4 is 23.8 Å². The monoisotopic (exact) mass is 534 g/mol. The molecule has 0 aromatic heterocycles. The molecule has 0 aliphatic carbocycles. The zero-order valence-corrected chi connectivity index (χ0v) is 24.1. The van der Waals surface area contributed by atoms with Gasteiger partial charge in [-0.15, -0.1) is 0 Å². The number of alkyl carbamates (subject to hydrolysis) is 1. The second-order valence-corrected chi connectivity index (χ2v) is 11.5. The number of nitrogens with two attached hydrogens (primary N) is 1. The Morgan fingerprint density at radius 2 is 1.71 bits per heavy atom. The van der Waals surface area contributed by atoms with Crippen molar-refractivity contribution in [2.24, 2.45) is 5.73 Å². The number of carbonyl (C=O) groups excluding carboxylic acids is 4. The summed E-state index contributed by atoms with van der Waals surface area (Å²) in [6.45, 7) is 14.6. The molecule has 5 N–H and O–H groups in total. The number of amides is 4. The predicted octanol–water partition coefficient (Wildman–Crippen LogP) is 3.83. The number of ether oxygens (including phenoxy) is 1. The molecule has 0 heterocycles. The van der Waals surface area contributed by atoms with E-state index < -0.39 is 41.1 Å². The van der Waals surface area contributed by atoms with E-state index in [9.17, 15) is 24.3 Å². The molecule has 214 valence electrons. The molecule has 0 aliphatic heterocycles. The van der Waals surface area contributed by atoms with Gasteiger partial charge in [-0.1, -0.05) is 25.8 Å². The predicted molar refractivity (Wildman–Crippen MR) is 146 cm³/mol. The average molecular weight is 535 g/mol. The fourth-order valence-corrected chi connectivity index (χ4v) is 3.96. The van der Waals surface area contributed by atoms with Crippen LogP contribution in [0.5, 0.6) is 5.75 Å². The van der Waals surface area contributed by atoms with Crippen LogP contribution >= 0.6 is 0 Å². The van der Waals surface area contributed by atoms with Crippen molar-refractivity contribution < 1.29 is 29.0 Å². The number of carbonyl (C=O) groups is 4. The van der Waals surface area contributed by atoms with Gasteiger partial charge in [0.15, 0.2) is 0 Å². The van der Waals surface area contributed by atoms with Crippen molar-refractivity contribution in [2.45, 2.75) is 111 Å². The number of primary amides is 1. The van der Waals surface area contributed by atoms with Crippen LogP contribution in [0.4, 0.5) is 4.79 Å². The molecule has 2 atom stereocenters. The van der Waals surface area contributed by atoms with Gasteiger partial charge in [-0.2, -0.15) is 0 Å². The van der Waals surface area contributed by atoms with Crippen molar-refractivity contribution in [1.82, 2.24) is 15.5 Å². The highest BCUT2D eigenvalue weighted by Gasteiger charge is 2.42. The lowest BCUT2D eigenvalue weighted by Gasteiger charge is -2.43.